The Morgan fingerprint density at radius 1 is 1.38 bits per heavy atom. The number of rotatable bonds is 3. The predicted octanol–water partition coefficient (Wildman–Crippen LogP) is 1.01. The van der Waals surface area contributed by atoms with Crippen LogP contribution < -0.4 is 5.32 Å². The van der Waals surface area contributed by atoms with Gasteiger partial charge in [-0.05, 0) is 59.3 Å². The molecule has 0 spiro atoms. The highest BCUT2D eigenvalue weighted by molar-refractivity contribution is 4.83. The summed E-state index contributed by atoms with van der Waals surface area (Å²) in [7, 11) is 4.56. The van der Waals surface area contributed by atoms with Gasteiger partial charge in [-0.25, -0.2) is 0 Å². The molecule has 0 amide bonds. The van der Waals surface area contributed by atoms with Gasteiger partial charge in [0.05, 0.1) is 0 Å². The molecule has 2 heterocycles. The SMILES string of the molecule is CC1CC(N(C)CC2CCN(C)C2)CCN1. The van der Waals surface area contributed by atoms with E-state index in [1.54, 1.807) is 0 Å². The normalized spacial score (nSPS) is 37.1. The lowest BCUT2D eigenvalue weighted by molar-refractivity contribution is 0.157. The molecule has 16 heavy (non-hydrogen) atoms. The quantitative estimate of drug-likeness (QED) is 0.773. The maximum Gasteiger partial charge on any atom is 0.0119 e. The molecule has 0 aromatic carbocycles. The molecular weight excluding hydrogens is 198 g/mol. The van der Waals surface area contributed by atoms with Crippen LogP contribution in [0.25, 0.3) is 0 Å². The Balaban J connectivity index is 1.76. The third kappa shape index (κ3) is 3.19. The minimum atomic E-state index is 0.701. The van der Waals surface area contributed by atoms with Crippen LogP contribution in [0.2, 0.25) is 0 Å². The molecule has 0 radical (unpaired) electrons. The first-order chi connectivity index (χ1) is 7.65. The fourth-order valence-corrected chi connectivity index (χ4v) is 3.24. The van der Waals surface area contributed by atoms with Crippen LogP contribution in [-0.2, 0) is 0 Å². The van der Waals surface area contributed by atoms with Gasteiger partial charge in [0.2, 0.25) is 0 Å². The van der Waals surface area contributed by atoms with Crippen molar-refractivity contribution in [2.24, 2.45) is 5.92 Å². The summed E-state index contributed by atoms with van der Waals surface area (Å²) in [4.78, 5) is 5.07. The van der Waals surface area contributed by atoms with E-state index in [9.17, 15) is 0 Å². The van der Waals surface area contributed by atoms with Gasteiger partial charge in [-0.1, -0.05) is 0 Å². The lowest BCUT2D eigenvalue weighted by Gasteiger charge is -2.36. The molecule has 0 aromatic heterocycles. The minimum absolute atomic E-state index is 0.701. The molecular formula is C13H27N3. The molecule has 3 nitrogen and oxygen atoms in total. The van der Waals surface area contributed by atoms with Crippen LogP contribution in [0.5, 0.6) is 0 Å². The Morgan fingerprint density at radius 2 is 2.19 bits per heavy atom. The second-order valence-electron chi connectivity index (χ2n) is 5.89. The van der Waals surface area contributed by atoms with Crippen molar-refractivity contribution in [1.82, 2.24) is 15.1 Å². The predicted molar refractivity (Wildman–Crippen MR) is 68.7 cm³/mol. The van der Waals surface area contributed by atoms with Crippen LogP contribution in [0.3, 0.4) is 0 Å². The third-order valence-electron chi connectivity index (χ3n) is 4.25. The molecule has 0 aromatic rings. The second-order valence-corrected chi connectivity index (χ2v) is 5.89. The molecule has 0 bridgehead atoms. The first-order valence-corrected chi connectivity index (χ1v) is 6.77. The van der Waals surface area contributed by atoms with Gasteiger partial charge in [0, 0.05) is 25.2 Å². The van der Waals surface area contributed by atoms with Gasteiger partial charge in [-0.2, -0.15) is 0 Å². The molecule has 1 N–H and O–H groups in total. The van der Waals surface area contributed by atoms with E-state index in [1.165, 1.54) is 45.4 Å². The lowest BCUT2D eigenvalue weighted by atomic mass is 9.98. The van der Waals surface area contributed by atoms with E-state index in [-0.39, 0.29) is 0 Å². The summed E-state index contributed by atoms with van der Waals surface area (Å²) in [6, 6.07) is 1.51. The first kappa shape index (κ1) is 12.3. The fraction of sp³-hybridized carbons (Fsp3) is 1.00. The smallest absolute Gasteiger partial charge is 0.0119 e. The van der Waals surface area contributed by atoms with Crippen molar-refractivity contribution in [2.75, 3.05) is 40.3 Å². The maximum absolute atomic E-state index is 3.53. The summed E-state index contributed by atoms with van der Waals surface area (Å²) in [5.41, 5.74) is 0. The Labute approximate surface area is 100 Å². The highest BCUT2D eigenvalue weighted by atomic mass is 15.2. The molecule has 3 heteroatoms. The van der Waals surface area contributed by atoms with Gasteiger partial charge in [0.15, 0.2) is 0 Å². The number of hydrogen-bond acceptors (Lipinski definition) is 3. The van der Waals surface area contributed by atoms with Crippen molar-refractivity contribution in [3.63, 3.8) is 0 Å². The Kier molecular flexibility index (Phi) is 4.22. The average Bonchev–Trinajstić information content (AvgIpc) is 2.64. The molecule has 2 saturated heterocycles. The van der Waals surface area contributed by atoms with E-state index in [1.807, 2.05) is 0 Å². The lowest BCUT2D eigenvalue weighted by Crippen LogP contribution is -2.46. The van der Waals surface area contributed by atoms with Crippen molar-refractivity contribution in [3.05, 3.63) is 0 Å². The Morgan fingerprint density at radius 3 is 2.81 bits per heavy atom. The maximum atomic E-state index is 3.53. The number of likely N-dealkylation sites (tertiary alicyclic amines) is 1. The van der Waals surface area contributed by atoms with Gasteiger partial charge in [-0.3, -0.25) is 0 Å². The summed E-state index contributed by atoms with van der Waals surface area (Å²) < 4.78 is 0. The van der Waals surface area contributed by atoms with Gasteiger partial charge in [0.25, 0.3) is 0 Å². The van der Waals surface area contributed by atoms with Crippen molar-refractivity contribution in [2.45, 2.75) is 38.3 Å². The zero-order valence-corrected chi connectivity index (χ0v) is 11.1. The summed E-state index contributed by atoms with van der Waals surface area (Å²) in [6.45, 7) is 7.39. The second kappa shape index (κ2) is 5.48. The number of hydrogen-bond donors (Lipinski definition) is 1. The van der Waals surface area contributed by atoms with E-state index in [0.29, 0.717) is 6.04 Å². The molecule has 0 saturated carbocycles. The highest BCUT2D eigenvalue weighted by Gasteiger charge is 2.26. The summed E-state index contributed by atoms with van der Waals surface area (Å²) in [6.07, 6.45) is 4.03. The Hall–Kier alpha value is -0.120. The highest BCUT2D eigenvalue weighted by Crippen LogP contribution is 2.19. The van der Waals surface area contributed by atoms with Crippen LogP contribution in [0.15, 0.2) is 0 Å². The number of nitrogens with one attached hydrogen (secondary N) is 1. The summed E-state index contributed by atoms with van der Waals surface area (Å²) in [5, 5.41) is 3.53. The molecule has 2 fully saturated rings. The van der Waals surface area contributed by atoms with Crippen LogP contribution in [-0.4, -0.2) is 62.2 Å². The van der Waals surface area contributed by atoms with Crippen LogP contribution >= 0.6 is 0 Å². The van der Waals surface area contributed by atoms with Crippen LogP contribution in [0.1, 0.15) is 26.2 Å². The van der Waals surface area contributed by atoms with E-state index < -0.39 is 0 Å². The van der Waals surface area contributed by atoms with Gasteiger partial charge in [-0.15, -0.1) is 0 Å². The topological polar surface area (TPSA) is 18.5 Å². The molecule has 3 unspecified atom stereocenters. The average molecular weight is 225 g/mol. The van der Waals surface area contributed by atoms with E-state index in [2.05, 4.69) is 36.1 Å². The van der Waals surface area contributed by atoms with Crippen LogP contribution in [0.4, 0.5) is 0 Å². The van der Waals surface area contributed by atoms with Gasteiger partial charge in [0.1, 0.15) is 0 Å². The van der Waals surface area contributed by atoms with Gasteiger partial charge < -0.3 is 15.1 Å². The van der Waals surface area contributed by atoms with E-state index in [0.717, 1.165) is 12.0 Å². The van der Waals surface area contributed by atoms with E-state index in [4.69, 9.17) is 0 Å². The third-order valence-corrected chi connectivity index (χ3v) is 4.25. The molecule has 3 atom stereocenters. The zero-order valence-electron chi connectivity index (χ0n) is 11.1. The van der Waals surface area contributed by atoms with Crippen molar-refractivity contribution >= 4 is 0 Å². The molecule has 2 rings (SSSR count). The van der Waals surface area contributed by atoms with E-state index >= 15 is 0 Å². The molecule has 0 aliphatic carbocycles. The van der Waals surface area contributed by atoms with Crippen LogP contribution in [0, 0.1) is 5.92 Å². The fourth-order valence-electron chi connectivity index (χ4n) is 3.24. The summed E-state index contributed by atoms with van der Waals surface area (Å²) >= 11 is 0. The largest absolute Gasteiger partial charge is 0.314 e. The Bertz CT molecular complexity index is 219. The van der Waals surface area contributed by atoms with Crippen molar-refractivity contribution in [3.8, 4) is 0 Å². The first-order valence-electron chi connectivity index (χ1n) is 6.77. The minimum Gasteiger partial charge on any atom is -0.314 e. The zero-order chi connectivity index (χ0) is 11.5. The standard InChI is InChI=1S/C13H27N3/c1-11-8-13(4-6-14-11)16(3)10-12-5-7-15(2)9-12/h11-14H,4-10H2,1-3H3. The van der Waals surface area contributed by atoms with Crippen molar-refractivity contribution in [1.29, 1.82) is 0 Å². The van der Waals surface area contributed by atoms with Gasteiger partial charge >= 0.3 is 0 Å². The summed E-state index contributed by atoms with van der Waals surface area (Å²) in [5.74, 6) is 0.903. The van der Waals surface area contributed by atoms with Crippen molar-refractivity contribution < 1.29 is 0 Å². The molecule has 2 aliphatic rings. The number of nitrogens with zero attached hydrogens (tertiary/aromatic N) is 2. The molecule has 94 valence electrons. The molecule has 2 aliphatic heterocycles. The monoisotopic (exact) mass is 225 g/mol. The number of piperidine rings is 1.